The summed E-state index contributed by atoms with van der Waals surface area (Å²) < 4.78 is 5.99. The Morgan fingerprint density at radius 2 is 1.40 bits per heavy atom. The maximum atomic E-state index is 11.8. The zero-order valence-corrected chi connectivity index (χ0v) is 19.5. The van der Waals surface area contributed by atoms with Gasteiger partial charge in [0.2, 0.25) is 0 Å². The zero-order valence-electron chi connectivity index (χ0n) is 19.5. The molecule has 10 heteroatoms. The molecule has 1 aromatic carbocycles. The molecule has 1 fully saturated rings. The molecule has 0 amide bonds. The topological polar surface area (TPSA) is 140 Å². The number of rotatable bonds is 13. The number of nitrogens with zero attached hydrogens (tertiary/aromatic N) is 3. The minimum atomic E-state index is -1.12. The van der Waals surface area contributed by atoms with E-state index < -0.39 is 37.0 Å². The molecular formula is C25H31N3O7. The Labute approximate surface area is 203 Å². The van der Waals surface area contributed by atoms with Crippen LogP contribution in [0.5, 0.6) is 5.75 Å². The number of benzene rings is 1. The van der Waals surface area contributed by atoms with Gasteiger partial charge >= 0.3 is 17.9 Å². The highest BCUT2D eigenvalue weighted by Gasteiger charge is 2.37. The molecule has 0 radical (unpaired) electrons. The Kier molecular flexibility index (Phi) is 9.56. The predicted molar refractivity (Wildman–Crippen MR) is 126 cm³/mol. The lowest BCUT2D eigenvalue weighted by molar-refractivity contribution is -0.146. The summed E-state index contributed by atoms with van der Waals surface area (Å²) in [6.07, 6.45) is 4.47. The SMILES string of the molecule is O=C(O)CN(CC(=O)O)C1CCCC[C@@H]1N(CC(=O)O)Cc1ncccc1OCc1ccccc1. The third-order valence-corrected chi connectivity index (χ3v) is 6.09. The van der Waals surface area contributed by atoms with Crippen molar-refractivity contribution in [2.24, 2.45) is 0 Å². The van der Waals surface area contributed by atoms with Crippen molar-refractivity contribution in [3.05, 3.63) is 59.9 Å². The molecule has 3 N–H and O–H groups in total. The Hall–Kier alpha value is -3.50. The molecule has 0 aliphatic heterocycles. The van der Waals surface area contributed by atoms with Crippen molar-refractivity contribution in [1.29, 1.82) is 0 Å². The molecule has 1 aliphatic rings. The maximum Gasteiger partial charge on any atom is 0.317 e. The lowest BCUT2D eigenvalue weighted by atomic mass is 9.87. The van der Waals surface area contributed by atoms with Gasteiger partial charge in [-0.05, 0) is 30.5 Å². The van der Waals surface area contributed by atoms with E-state index in [-0.39, 0.29) is 19.1 Å². The van der Waals surface area contributed by atoms with Crippen LogP contribution in [0.3, 0.4) is 0 Å². The summed E-state index contributed by atoms with van der Waals surface area (Å²) in [5.74, 6) is -2.74. The minimum Gasteiger partial charge on any atom is -0.487 e. The molecule has 1 saturated carbocycles. The standard InChI is InChI=1S/C25H31N3O7/c29-23(30)14-27(20-9-4-5-10-21(20)28(15-24(31)32)16-25(33)34)13-19-22(11-6-12-26-19)35-17-18-7-2-1-3-8-18/h1-3,6-8,11-12,20-21H,4-5,9-10,13-17H2,(H,29,30)(H,31,32)(H,33,34)/t20-,21?/m0/s1. The van der Waals surface area contributed by atoms with Gasteiger partial charge in [0.1, 0.15) is 12.4 Å². The fourth-order valence-electron chi connectivity index (χ4n) is 4.65. The lowest BCUT2D eigenvalue weighted by Gasteiger charge is -2.43. The first-order chi connectivity index (χ1) is 16.8. The quantitative estimate of drug-likeness (QED) is 0.387. The van der Waals surface area contributed by atoms with Crippen molar-refractivity contribution in [2.45, 2.75) is 50.9 Å². The molecule has 1 unspecified atom stereocenters. The third kappa shape index (κ3) is 8.04. The Morgan fingerprint density at radius 3 is 2.00 bits per heavy atom. The molecule has 3 rings (SSSR count). The monoisotopic (exact) mass is 485 g/mol. The molecule has 1 aliphatic carbocycles. The lowest BCUT2D eigenvalue weighted by Crippen LogP contribution is -2.56. The average molecular weight is 486 g/mol. The van der Waals surface area contributed by atoms with E-state index in [1.54, 1.807) is 23.2 Å². The van der Waals surface area contributed by atoms with E-state index in [2.05, 4.69) is 4.98 Å². The normalized spacial score (nSPS) is 17.9. The highest BCUT2D eigenvalue weighted by molar-refractivity contribution is 5.72. The second-order valence-electron chi connectivity index (χ2n) is 8.63. The number of carboxylic acid groups (broad SMARTS) is 3. The van der Waals surface area contributed by atoms with Crippen molar-refractivity contribution < 1.29 is 34.4 Å². The first kappa shape index (κ1) is 26.1. The number of pyridine rings is 1. The summed E-state index contributed by atoms with van der Waals surface area (Å²) in [6.45, 7) is -0.640. The summed E-state index contributed by atoms with van der Waals surface area (Å²) in [5, 5.41) is 28.3. The van der Waals surface area contributed by atoms with Crippen molar-refractivity contribution >= 4 is 17.9 Å². The van der Waals surface area contributed by atoms with Gasteiger partial charge in [-0.1, -0.05) is 43.2 Å². The van der Waals surface area contributed by atoms with Crippen LogP contribution in [-0.2, 0) is 27.5 Å². The maximum absolute atomic E-state index is 11.8. The number of carboxylic acids is 3. The highest BCUT2D eigenvalue weighted by Crippen LogP contribution is 2.30. The Bertz CT molecular complexity index is 986. The highest BCUT2D eigenvalue weighted by atomic mass is 16.5. The number of ether oxygens (including phenoxy) is 1. The summed E-state index contributed by atoms with van der Waals surface area (Å²) >= 11 is 0. The van der Waals surface area contributed by atoms with Gasteiger partial charge in [0.25, 0.3) is 0 Å². The summed E-state index contributed by atoms with van der Waals surface area (Å²) in [7, 11) is 0. The number of aliphatic carboxylic acids is 3. The number of hydrogen-bond donors (Lipinski definition) is 3. The molecule has 2 atom stereocenters. The predicted octanol–water partition coefficient (Wildman–Crippen LogP) is 2.33. The van der Waals surface area contributed by atoms with Gasteiger partial charge in [-0.15, -0.1) is 0 Å². The van der Waals surface area contributed by atoms with E-state index >= 15 is 0 Å². The molecule has 188 valence electrons. The van der Waals surface area contributed by atoms with E-state index in [1.807, 2.05) is 30.3 Å². The molecule has 0 bridgehead atoms. The molecular weight excluding hydrogens is 454 g/mol. The first-order valence-electron chi connectivity index (χ1n) is 11.6. The molecule has 0 saturated heterocycles. The van der Waals surface area contributed by atoms with Gasteiger partial charge in [0.05, 0.1) is 25.3 Å². The van der Waals surface area contributed by atoms with Gasteiger partial charge in [0, 0.05) is 24.8 Å². The average Bonchev–Trinajstić information content (AvgIpc) is 2.82. The second-order valence-corrected chi connectivity index (χ2v) is 8.63. The molecule has 10 nitrogen and oxygen atoms in total. The molecule has 35 heavy (non-hydrogen) atoms. The molecule has 0 spiro atoms. The van der Waals surface area contributed by atoms with Crippen LogP contribution in [-0.4, -0.2) is 79.7 Å². The smallest absolute Gasteiger partial charge is 0.317 e. The van der Waals surface area contributed by atoms with Crippen LogP contribution in [0.4, 0.5) is 0 Å². The Balaban J connectivity index is 1.84. The molecule has 2 aromatic rings. The van der Waals surface area contributed by atoms with Crippen LogP contribution < -0.4 is 4.74 Å². The van der Waals surface area contributed by atoms with Gasteiger partial charge in [0.15, 0.2) is 0 Å². The van der Waals surface area contributed by atoms with Gasteiger partial charge in [-0.25, -0.2) is 0 Å². The molecule has 1 heterocycles. The van der Waals surface area contributed by atoms with E-state index in [4.69, 9.17) is 4.74 Å². The fraction of sp³-hybridized carbons (Fsp3) is 0.440. The second kappa shape index (κ2) is 12.8. The summed E-state index contributed by atoms with van der Waals surface area (Å²) in [5.41, 5.74) is 1.55. The van der Waals surface area contributed by atoms with Crippen LogP contribution >= 0.6 is 0 Å². The van der Waals surface area contributed by atoms with Crippen molar-refractivity contribution in [2.75, 3.05) is 19.6 Å². The Morgan fingerprint density at radius 1 is 0.829 bits per heavy atom. The van der Waals surface area contributed by atoms with Gasteiger partial charge in [-0.2, -0.15) is 0 Å². The van der Waals surface area contributed by atoms with Crippen LogP contribution in [0.25, 0.3) is 0 Å². The fourth-order valence-corrected chi connectivity index (χ4v) is 4.65. The van der Waals surface area contributed by atoms with Crippen molar-refractivity contribution in [1.82, 2.24) is 14.8 Å². The third-order valence-electron chi connectivity index (χ3n) is 6.09. The zero-order chi connectivity index (χ0) is 25.2. The van der Waals surface area contributed by atoms with Crippen molar-refractivity contribution in [3.8, 4) is 5.75 Å². The summed E-state index contributed by atoms with van der Waals surface area (Å²) in [4.78, 5) is 42.3. The van der Waals surface area contributed by atoms with Crippen molar-refractivity contribution in [3.63, 3.8) is 0 Å². The van der Waals surface area contributed by atoms with E-state index in [0.29, 0.717) is 30.9 Å². The summed E-state index contributed by atoms with van der Waals surface area (Å²) in [6, 6.07) is 12.4. The number of aromatic nitrogens is 1. The molecule has 1 aromatic heterocycles. The van der Waals surface area contributed by atoms with Crippen LogP contribution in [0.1, 0.15) is 36.9 Å². The van der Waals surface area contributed by atoms with Crippen LogP contribution in [0, 0.1) is 0 Å². The van der Waals surface area contributed by atoms with E-state index in [0.717, 1.165) is 18.4 Å². The first-order valence-corrected chi connectivity index (χ1v) is 11.6. The van der Waals surface area contributed by atoms with Gasteiger partial charge in [-0.3, -0.25) is 29.2 Å². The van der Waals surface area contributed by atoms with Crippen LogP contribution in [0.15, 0.2) is 48.7 Å². The van der Waals surface area contributed by atoms with E-state index in [9.17, 15) is 29.7 Å². The van der Waals surface area contributed by atoms with Gasteiger partial charge < -0.3 is 20.1 Å². The van der Waals surface area contributed by atoms with Crippen LogP contribution in [0.2, 0.25) is 0 Å². The number of hydrogen-bond acceptors (Lipinski definition) is 7. The minimum absolute atomic E-state index is 0.173. The van der Waals surface area contributed by atoms with E-state index in [1.165, 1.54) is 4.90 Å². The largest absolute Gasteiger partial charge is 0.487 e. The number of carbonyl (C=O) groups is 3.